The van der Waals surface area contributed by atoms with Gasteiger partial charge in [0.05, 0.1) is 18.2 Å². The fourth-order valence-electron chi connectivity index (χ4n) is 5.12. The van der Waals surface area contributed by atoms with Crippen LogP contribution in [-0.4, -0.2) is 85.4 Å². The van der Waals surface area contributed by atoms with Crippen molar-refractivity contribution < 1.29 is 24.2 Å². The van der Waals surface area contributed by atoms with Crippen LogP contribution in [-0.2, 0) is 19.1 Å². The molecule has 164 valence electrons. The van der Waals surface area contributed by atoms with Gasteiger partial charge in [0.2, 0.25) is 11.8 Å². The van der Waals surface area contributed by atoms with Crippen LogP contribution in [0.1, 0.15) is 11.5 Å². The molecule has 7 nitrogen and oxygen atoms in total. The molecule has 2 fully saturated rings. The fraction of sp³-hybridized carbons (Fsp3) is 0.417. The maximum atomic E-state index is 12.8. The Morgan fingerprint density at radius 1 is 0.935 bits per heavy atom. The van der Waals surface area contributed by atoms with Crippen LogP contribution in [0.25, 0.3) is 11.1 Å². The monoisotopic (exact) mass is 424 g/mol. The van der Waals surface area contributed by atoms with Crippen molar-refractivity contribution in [3.8, 4) is 11.1 Å². The van der Waals surface area contributed by atoms with Crippen molar-refractivity contribution in [1.82, 2.24) is 9.80 Å². The minimum atomic E-state index is -0.527. The van der Waals surface area contributed by atoms with Crippen LogP contribution in [0.5, 0.6) is 0 Å². The molecule has 2 aromatic carbocycles. The van der Waals surface area contributed by atoms with E-state index in [0.29, 0.717) is 13.1 Å². The smallest absolute Gasteiger partial charge is 0.249 e. The predicted molar refractivity (Wildman–Crippen MR) is 115 cm³/mol. The predicted octanol–water partition coefficient (Wildman–Crippen LogP) is 1.51. The van der Waals surface area contributed by atoms with Gasteiger partial charge in [-0.2, -0.15) is 0 Å². The fourth-order valence-corrected chi connectivity index (χ4v) is 5.12. The maximum Gasteiger partial charge on any atom is 0.249 e. The number of likely N-dealkylation sites (tertiary alicyclic amines) is 2. The summed E-state index contributed by atoms with van der Waals surface area (Å²) in [7, 11) is 2.97. The number of aliphatic hydroxyl groups excluding tert-OH is 1. The van der Waals surface area contributed by atoms with E-state index in [0.717, 1.165) is 16.7 Å². The number of benzene rings is 2. The number of nitrogens with zero attached hydrogens (tertiary/aromatic N) is 2. The molecule has 2 aliphatic heterocycles. The molecule has 0 saturated carbocycles. The van der Waals surface area contributed by atoms with Gasteiger partial charge < -0.3 is 24.4 Å². The summed E-state index contributed by atoms with van der Waals surface area (Å²) in [6.45, 7) is 0.665. The summed E-state index contributed by atoms with van der Waals surface area (Å²) in [4.78, 5) is 28.5. The van der Waals surface area contributed by atoms with Gasteiger partial charge in [0.25, 0.3) is 0 Å². The van der Waals surface area contributed by atoms with Gasteiger partial charge in [-0.1, -0.05) is 54.6 Å². The molecule has 7 heteroatoms. The van der Waals surface area contributed by atoms with Gasteiger partial charge in [-0.3, -0.25) is 9.59 Å². The van der Waals surface area contributed by atoms with Gasteiger partial charge in [-0.25, -0.2) is 0 Å². The SMILES string of the molecule is COCC(=O)N1CC2(C1)[C@H](c1ccc(-c3ccccc3)cc1)[C@@H](CO)N2C(=O)COC. The quantitative estimate of drug-likeness (QED) is 0.729. The number of hydrogen-bond donors (Lipinski definition) is 1. The lowest BCUT2D eigenvalue weighted by Crippen LogP contribution is -2.86. The highest BCUT2D eigenvalue weighted by molar-refractivity contribution is 5.84. The Kier molecular flexibility index (Phi) is 6.09. The topological polar surface area (TPSA) is 79.3 Å². The van der Waals surface area contributed by atoms with Crippen molar-refractivity contribution in [2.75, 3.05) is 47.1 Å². The molecule has 2 heterocycles. The second kappa shape index (κ2) is 8.78. The summed E-state index contributed by atoms with van der Waals surface area (Å²) in [5.41, 5.74) is 2.77. The first-order valence-corrected chi connectivity index (χ1v) is 10.4. The number of ether oxygens (including phenoxy) is 2. The van der Waals surface area contributed by atoms with E-state index >= 15 is 0 Å². The Hall–Kier alpha value is -2.74. The Morgan fingerprint density at radius 2 is 1.52 bits per heavy atom. The number of amides is 2. The van der Waals surface area contributed by atoms with E-state index in [9.17, 15) is 14.7 Å². The third-order valence-electron chi connectivity index (χ3n) is 6.43. The van der Waals surface area contributed by atoms with Crippen molar-refractivity contribution in [3.63, 3.8) is 0 Å². The largest absolute Gasteiger partial charge is 0.394 e. The standard InChI is InChI=1S/C24H28N2O5/c1-30-13-21(28)25-15-24(16-25)23(20(12-27)26(24)22(29)14-31-2)19-10-8-18(9-11-19)17-6-4-3-5-7-17/h3-11,20,23,27H,12-16H2,1-2H3/t20-,23-/m1/s1. The highest BCUT2D eigenvalue weighted by Crippen LogP contribution is 2.54. The molecule has 2 atom stereocenters. The molecule has 2 amide bonds. The molecule has 4 rings (SSSR count). The first kappa shape index (κ1) is 21.5. The van der Waals surface area contributed by atoms with E-state index in [1.807, 2.05) is 18.2 Å². The molecule has 31 heavy (non-hydrogen) atoms. The summed E-state index contributed by atoms with van der Waals surface area (Å²) >= 11 is 0. The van der Waals surface area contributed by atoms with E-state index in [-0.39, 0.29) is 43.6 Å². The van der Waals surface area contributed by atoms with Gasteiger partial charge in [-0.05, 0) is 16.7 Å². The summed E-state index contributed by atoms with van der Waals surface area (Å²) in [5, 5.41) is 10.1. The molecular weight excluding hydrogens is 396 g/mol. The third kappa shape index (κ3) is 3.63. The summed E-state index contributed by atoms with van der Waals surface area (Å²) < 4.78 is 10.0. The van der Waals surface area contributed by atoms with Gasteiger partial charge >= 0.3 is 0 Å². The first-order valence-electron chi connectivity index (χ1n) is 10.4. The van der Waals surface area contributed by atoms with Crippen LogP contribution < -0.4 is 0 Å². The lowest BCUT2D eigenvalue weighted by atomic mass is 9.60. The van der Waals surface area contributed by atoms with E-state index in [1.165, 1.54) is 14.2 Å². The summed E-state index contributed by atoms with van der Waals surface area (Å²) in [6.07, 6.45) is 0. The Labute approximate surface area is 182 Å². The van der Waals surface area contributed by atoms with Crippen molar-refractivity contribution in [2.24, 2.45) is 0 Å². The number of aliphatic hydroxyl groups is 1. The molecule has 2 saturated heterocycles. The number of hydrogen-bond acceptors (Lipinski definition) is 5. The Morgan fingerprint density at radius 3 is 2.10 bits per heavy atom. The minimum Gasteiger partial charge on any atom is -0.394 e. The lowest BCUT2D eigenvalue weighted by molar-refractivity contribution is -0.206. The normalized spacial score (nSPS) is 21.5. The first-order chi connectivity index (χ1) is 15.1. The molecule has 0 aromatic heterocycles. The van der Waals surface area contributed by atoms with Gasteiger partial charge in [-0.15, -0.1) is 0 Å². The van der Waals surface area contributed by atoms with Gasteiger partial charge in [0, 0.05) is 33.2 Å². The summed E-state index contributed by atoms with van der Waals surface area (Å²) in [6, 6.07) is 18.0. The molecule has 2 aliphatic rings. The lowest BCUT2D eigenvalue weighted by Gasteiger charge is -2.70. The highest BCUT2D eigenvalue weighted by Gasteiger charge is 2.67. The van der Waals surface area contributed by atoms with Crippen molar-refractivity contribution >= 4 is 11.8 Å². The Bertz CT molecular complexity index is 925. The molecular formula is C24H28N2O5. The van der Waals surface area contributed by atoms with E-state index in [1.54, 1.807) is 9.80 Å². The molecule has 1 spiro atoms. The van der Waals surface area contributed by atoms with Crippen LogP contribution in [0.2, 0.25) is 0 Å². The van der Waals surface area contributed by atoms with Crippen LogP contribution in [0.3, 0.4) is 0 Å². The van der Waals surface area contributed by atoms with Gasteiger partial charge in [0.1, 0.15) is 13.2 Å². The number of carbonyl (C=O) groups is 2. The van der Waals surface area contributed by atoms with E-state index < -0.39 is 5.54 Å². The second-order valence-electron chi connectivity index (χ2n) is 8.20. The van der Waals surface area contributed by atoms with E-state index in [2.05, 4.69) is 36.4 Å². The Balaban J connectivity index is 1.62. The molecule has 0 unspecified atom stereocenters. The average Bonchev–Trinajstić information content (AvgIpc) is 2.74. The zero-order chi connectivity index (χ0) is 22.0. The van der Waals surface area contributed by atoms with Crippen molar-refractivity contribution in [1.29, 1.82) is 0 Å². The molecule has 2 aromatic rings. The van der Waals surface area contributed by atoms with Crippen LogP contribution in [0, 0.1) is 0 Å². The third-order valence-corrected chi connectivity index (χ3v) is 6.43. The second-order valence-corrected chi connectivity index (χ2v) is 8.20. The molecule has 0 radical (unpaired) electrons. The minimum absolute atomic E-state index is 0.0158. The highest BCUT2D eigenvalue weighted by atomic mass is 16.5. The van der Waals surface area contributed by atoms with Crippen molar-refractivity contribution in [2.45, 2.75) is 17.5 Å². The summed E-state index contributed by atoms with van der Waals surface area (Å²) in [5.74, 6) is -0.329. The van der Waals surface area contributed by atoms with Crippen LogP contribution in [0.4, 0.5) is 0 Å². The van der Waals surface area contributed by atoms with Gasteiger partial charge in [0.15, 0.2) is 0 Å². The molecule has 0 aliphatic carbocycles. The zero-order valence-corrected chi connectivity index (χ0v) is 17.9. The molecule has 0 bridgehead atoms. The average molecular weight is 424 g/mol. The molecule has 1 N–H and O–H groups in total. The number of rotatable bonds is 7. The van der Waals surface area contributed by atoms with Crippen molar-refractivity contribution in [3.05, 3.63) is 60.2 Å². The van der Waals surface area contributed by atoms with E-state index in [4.69, 9.17) is 9.47 Å². The number of methoxy groups -OCH3 is 2. The zero-order valence-electron chi connectivity index (χ0n) is 17.9. The van der Waals surface area contributed by atoms with Crippen LogP contribution in [0.15, 0.2) is 54.6 Å². The number of carbonyl (C=O) groups excluding carboxylic acids is 2. The van der Waals surface area contributed by atoms with Crippen LogP contribution >= 0.6 is 0 Å². The maximum absolute atomic E-state index is 12.8.